The largest absolute Gasteiger partial charge is 0.299 e. The average Bonchev–Trinajstić information content (AvgIpc) is 2.70. The van der Waals surface area contributed by atoms with E-state index in [1.165, 1.54) is 16.1 Å². The summed E-state index contributed by atoms with van der Waals surface area (Å²) in [5, 5.41) is 0. The predicted octanol–water partition coefficient (Wildman–Crippen LogP) is 1.86. The number of allylic oxidation sites excluding steroid dienone is 1. The fourth-order valence-electron chi connectivity index (χ4n) is 2.39. The number of Topliss-reactive ketones (excluding diaryl/α,β-unsaturated/α-hetero) is 1. The Morgan fingerprint density at radius 1 is 1.44 bits per heavy atom. The van der Waals surface area contributed by atoms with Crippen molar-refractivity contribution in [2.45, 2.75) is 20.3 Å². The second-order valence-corrected chi connectivity index (χ2v) is 7.36. The number of halogens is 1. The second kappa shape index (κ2) is 6.17. The Bertz CT molecular complexity index is 431. The Labute approximate surface area is 114 Å². The molecule has 0 aromatic rings. The summed E-state index contributed by atoms with van der Waals surface area (Å²) >= 11 is 5.41. The van der Waals surface area contributed by atoms with E-state index in [0.29, 0.717) is 13.1 Å². The van der Waals surface area contributed by atoms with Crippen molar-refractivity contribution in [3.63, 3.8) is 0 Å². The Hall–Kier alpha value is -0.390. The van der Waals surface area contributed by atoms with Crippen molar-refractivity contribution >= 4 is 27.4 Å². The van der Waals surface area contributed by atoms with E-state index < -0.39 is 10.0 Å². The molecule has 0 aliphatic carbocycles. The maximum atomic E-state index is 12.1. The van der Waals surface area contributed by atoms with Crippen molar-refractivity contribution in [2.24, 2.45) is 17.8 Å². The highest BCUT2D eigenvalue weighted by molar-refractivity contribution is 7.88. The molecule has 2 atom stereocenters. The number of carbonyl (C=O) groups excluding carboxylic acids is 1. The minimum absolute atomic E-state index is 0.0664. The van der Waals surface area contributed by atoms with E-state index in [9.17, 15) is 13.2 Å². The van der Waals surface area contributed by atoms with Crippen LogP contribution in [0.1, 0.15) is 20.3 Å². The van der Waals surface area contributed by atoms with Gasteiger partial charge in [-0.05, 0) is 11.8 Å². The molecule has 4 nitrogen and oxygen atoms in total. The molecule has 0 radical (unpaired) electrons. The van der Waals surface area contributed by atoms with E-state index in [1.807, 2.05) is 13.8 Å². The van der Waals surface area contributed by atoms with Crippen LogP contribution in [-0.2, 0) is 14.8 Å². The van der Waals surface area contributed by atoms with Crippen LogP contribution < -0.4 is 0 Å². The van der Waals surface area contributed by atoms with E-state index in [2.05, 4.69) is 0 Å². The van der Waals surface area contributed by atoms with Gasteiger partial charge in [0.15, 0.2) is 0 Å². The van der Waals surface area contributed by atoms with Gasteiger partial charge in [0.05, 0.1) is 6.26 Å². The molecule has 1 aliphatic heterocycles. The summed E-state index contributed by atoms with van der Waals surface area (Å²) in [7, 11) is -3.22. The van der Waals surface area contributed by atoms with Crippen LogP contribution in [0.15, 0.2) is 11.6 Å². The topological polar surface area (TPSA) is 54.5 Å². The molecule has 0 amide bonds. The molecule has 18 heavy (non-hydrogen) atoms. The molecule has 1 fully saturated rings. The lowest BCUT2D eigenvalue weighted by Crippen LogP contribution is -2.28. The van der Waals surface area contributed by atoms with Crippen molar-refractivity contribution in [3.05, 3.63) is 11.6 Å². The van der Waals surface area contributed by atoms with Gasteiger partial charge in [0.25, 0.3) is 0 Å². The smallest absolute Gasteiger partial charge is 0.211 e. The van der Waals surface area contributed by atoms with E-state index in [0.717, 1.165) is 0 Å². The van der Waals surface area contributed by atoms with Gasteiger partial charge in [-0.15, -0.1) is 0 Å². The average molecular weight is 294 g/mol. The summed E-state index contributed by atoms with van der Waals surface area (Å²) < 4.78 is 24.5. The first-order valence-electron chi connectivity index (χ1n) is 6.00. The molecule has 0 spiro atoms. The van der Waals surface area contributed by atoms with Crippen molar-refractivity contribution in [3.8, 4) is 0 Å². The van der Waals surface area contributed by atoms with E-state index in [1.54, 1.807) is 6.08 Å². The molecule has 1 saturated heterocycles. The number of hydrogen-bond acceptors (Lipinski definition) is 3. The lowest BCUT2D eigenvalue weighted by molar-refractivity contribution is -0.123. The molecular weight excluding hydrogens is 274 g/mol. The predicted molar refractivity (Wildman–Crippen MR) is 72.9 cm³/mol. The third kappa shape index (κ3) is 3.80. The lowest BCUT2D eigenvalue weighted by atomic mass is 9.83. The van der Waals surface area contributed by atoms with Crippen LogP contribution in [0.2, 0.25) is 0 Å². The number of carbonyl (C=O) groups is 1. The first-order chi connectivity index (χ1) is 8.27. The molecule has 0 aromatic heterocycles. The van der Waals surface area contributed by atoms with Gasteiger partial charge in [0, 0.05) is 31.0 Å². The molecule has 1 unspecified atom stereocenters. The van der Waals surface area contributed by atoms with E-state index in [4.69, 9.17) is 11.6 Å². The number of nitrogens with zero attached hydrogens (tertiary/aromatic N) is 1. The first-order valence-corrected chi connectivity index (χ1v) is 8.29. The highest BCUT2D eigenvalue weighted by Crippen LogP contribution is 2.32. The first kappa shape index (κ1) is 15.7. The van der Waals surface area contributed by atoms with Crippen LogP contribution in [0, 0.1) is 17.8 Å². The number of sulfonamides is 1. The highest BCUT2D eigenvalue weighted by Gasteiger charge is 2.41. The van der Waals surface area contributed by atoms with Crippen LogP contribution in [-0.4, -0.2) is 37.9 Å². The van der Waals surface area contributed by atoms with Crippen LogP contribution in [0.25, 0.3) is 0 Å². The normalized spacial score (nSPS) is 26.3. The number of ketones is 1. The summed E-state index contributed by atoms with van der Waals surface area (Å²) in [6.07, 6.45) is 3.06. The van der Waals surface area contributed by atoms with Gasteiger partial charge in [-0.2, -0.15) is 0 Å². The molecule has 6 heteroatoms. The van der Waals surface area contributed by atoms with Crippen LogP contribution in [0.4, 0.5) is 0 Å². The minimum Gasteiger partial charge on any atom is -0.299 e. The SMILES string of the molecule is CC(C)[C@H]1CN(S(C)(=O)=O)CC1C(=O)CC=CCl. The van der Waals surface area contributed by atoms with Crippen LogP contribution in [0.3, 0.4) is 0 Å². The molecular formula is C12H20ClNO3S. The van der Waals surface area contributed by atoms with Crippen molar-refractivity contribution in [1.29, 1.82) is 0 Å². The fourth-order valence-corrected chi connectivity index (χ4v) is 3.35. The Kier molecular flexibility index (Phi) is 5.37. The Morgan fingerprint density at radius 2 is 2.06 bits per heavy atom. The quantitative estimate of drug-likeness (QED) is 0.777. The zero-order valence-corrected chi connectivity index (χ0v) is 12.5. The van der Waals surface area contributed by atoms with Crippen molar-refractivity contribution in [2.75, 3.05) is 19.3 Å². The Morgan fingerprint density at radius 3 is 2.50 bits per heavy atom. The lowest BCUT2D eigenvalue weighted by Gasteiger charge is -2.20. The van der Waals surface area contributed by atoms with Gasteiger partial charge in [-0.25, -0.2) is 12.7 Å². The highest BCUT2D eigenvalue weighted by atomic mass is 35.5. The van der Waals surface area contributed by atoms with Crippen molar-refractivity contribution in [1.82, 2.24) is 4.31 Å². The zero-order valence-electron chi connectivity index (χ0n) is 11.0. The molecule has 1 heterocycles. The van der Waals surface area contributed by atoms with Crippen LogP contribution >= 0.6 is 11.6 Å². The summed E-state index contributed by atoms with van der Waals surface area (Å²) in [5.74, 6) is 0.228. The van der Waals surface area contributed by atoms with E-state index >= 15 is 0 Å². The van der Waals surface area contributed by atoms with Gasteiger partial charge in [0.2, 0.25) is 10.0 Å². The summed E-state index contributed by atoms with van der Waals surface area (Å²) in [4.78, 5) is 12.1. The number of hydrogen-bond donors (Lipinski definition) is 0. The Balaban J connectivity index is 2.85. The van der Waals surface area contributed by atoms with Crippen LogP contribution in [0.5, 0.6) is 0 Å². The van der Waals surface area contributed by atoms with Gasteiger partial charge in [-0.1, -0.05) is 31.5 Å². The molecule has 1 rings (SSSR count). The van der Waals surface area contributed by atoms with E-state index in [-0.39, 0.29) is 30.0 Å². The molecule has 1 aliphatic rings. The summed E-state index contributed by atoms with van der Waals surface area (Å²) in [6.45, 7) is 4.79. The molecule has 0 aromatic carbocycles. The molecule has 0 bridgehead atoms. The second-order valence-electron chi connectivity index (χ2n) is 5.13. The van der Waals surface area contributed by atoms with Crippen molar-refractivity contribution < 1.29 is 13.2 Å². The monoisotopic (exact) mass is 293 g/mol. The summed E-state index contributed by atoms with van der Waals surface area (Å²) in [5.41, 5.74) is 1.32. The maximum Gasteiger partial charge on any atom is 0.211 e. The minimum atomic E-state index is -3.22. The third-order valence-corrected chi connectivity index (χ3v) is 4.89. The molecule has 0 saturated carbocycles. The van der Waals surface area contributed by atoms with Gasteiger partial charge in [-0.3, -0.25) is 4.79 Å². The third-order valence-electron chi connectivity index (χ3n) is 3.48. The maximum absolute atomic E-state index is 12.1. The van der Waals surface area contributed by atoms with Gasteiger partial charge in [0.1, 0.15) is 5.78 Å². The van der Waals surface area contributed by atoms with Gasteiger partial charge < -0.3 is 0 Å². The standard InChI is InChI=1S/C12H20ClNO3S/c1-9(2)10-7-14(18(3,16)17)8-11(10)12(15)5-4-6-13/h4,6,9-11H,5,7-8H2,1-3H3/t10-,11?/m1/s1. The fraction of sp³-hybridized carbons (Fsp3) is 0.750. The summed E-state index contributed by atoms with van der Waals surface area (Å²) in [6, 6.07) is 0. The zero-order chi connectivity index (χ0) is 13.9. The van der Waals surface area contributed by atoms with Gasteiger partial charge >= 0.3 is 0 Å². The number of rotatable bonds is 5. The molecule has 104 valence electrons. The molecule has 0 N–H and O–H groups in total.